The van der Waals surface area contributed by atoms with Gasteiger partial charge in [0.05, 0.1) is 19.7 Å². The summed E-state index contributed by atoms with van der Waals surface area (Å²) in [6.07, 6.45) is 0.990. The molecule has 4 heteroatoms. The zero-order valence-corrected chi connectivity index (χ0v) is 16.7. The number of carbonyl (C=O) groups excluding carboxylic acids is 1. The number of nitrogens with one attached hydrogen (secondary N) is 1. The molecule has 1 N–H and O–H groups in total. The van der Waals surface area contributed by atoms with E-state index in [1.165, 1.54) is 11.1 Å². The second-order valence-electron chi connectivity index (χ2n) is 7.41. The lowest BCUT2D eigenvalue weighted by Gasteiger charge is -2.29. The van der Waals surface area contributed by atoms with Crippen molar-refractivity contribution in [3.05, 3.63) is 101 Å². The van der Waals surface area contributed by atoms with E-state index in [2.05, 4.69) is 34.5 Å². The summed E-state index contributed by atoms with van der Waals surface area (Å²) in [6.45, 7) is 2.12. The molecule has 1 amide bonds. The predicted molar refractivity (Wildman–Crippen MR) is 115 cm³/mol. The third-order valence-corrected chi connectivity index (χ3v) is 5.46. The van der Waals surface area contributed by atoms with E-state index in [4.69, 9.17) is 4.74 Å². The van der Waals surface area contributed by atoms with E-state index in [0.717, 1.165) is 36.4 Å². The predicted octanol–water partition coefficient (Wildman–Crippen LogP) is 3.96. The molecule has 0 aromatic heterocycles. The Hall–Kier alpha value is -3.11. The molecule has 1 atom stereocenters. The summed E-state index contributed by atoms with van der Waals surface area (Å²) in [5, 5.41) is 3.24. The molecule has 0 fully saturated rings. The lowest BCUT2D eigenvalue weighted by Crippen LogP contribution is -2.41. The topological polar surface area (TPSA) is 41.6 Å². The zero-order chi connectivity index (χ0) is 20.1. The maximum atomic E-state index is 12.9. The van der Waals surface area contributed by atoms with Gasteiger partial charge in [0.15, 0.2) is 0 Å². The van der Waals surface area contributed by atoms with Crippen molar-refractivity contribution in [3.8, 4) is 5.75 Å². The van der Waals surface area contributed by atoms with Crippen LogP contribution < -0.4 is 10.1 Å². The third-order valence-electron chi connectivity index (χ3n) is 5.46. The Morgan fingerprint density at radius 1 is 0.931 bits per heavy atom. The van der Waals surface area contributed by atoms with Gasteiger partial charge in [0.2, 0.25) is 5.91 Å². The first kappa shape index (κ1) is 19.2. The van der Waals surface area contributed by atoms with Crippen LogP contribution in [0.4, 0.5) is 0 Å². The van der Waals surface area contributed by atoms with Crippen molar-refractivity contribution in [1.82, 2.24) is 10.2 Å². The summed E-state index contributed by atoms with van der Waals surface area (Å²) in [4.78, 5) is 15.1. The van der Waals surface area contributed by atoms with Gasteiger partial charge in [0.25, 0.3) is 0 Å². The van der Waals surface area contributed by atoms with E-state index in [9.17, 15) is 4.79 Å². The van der Waals surface area contributed by atoms with Crippen molar-refractivity contribution < 1.29 is 9.53 Å². The highest BCUT2D eigenvalue weighted by atomic mass is 16.5. The van der Waals surface area contributed by atoms with Crippen molar-refractivity contribution >= 4 is 5.91 Å². The zero-order valence-electron chi connectivity index (χ0n) is 16.7. The molecule has 4 nitrogen and oxygen atoms in total. The molecule has 0 spiro atoms. The first-order valence-electron chi connectivity index (χ1n) is 10.0. The van der Waals surface area contributed by atoms with Gasteiger partial charge in [-0.3, -0.25) is 9.69 Å². The minimum Gasteiger partial charge on any atom is -0.497 e. The molecule has 0 radical (unpaired) electrons. The van der Waals surface area contributed by atoms with Gasteiger partial charge in [-0.05, 0) is 40.8 Å². The highest BCUT2D eigenvalue weighted by Crippen LogP contribution is 2.24. The molecule has 1 aliphatic rings. The summed E-state index contributed by atoms with van der Waals surface area (Å²) in [5.74, 6) is 0.841. The summed E-state index contributed by atoms with van der Waals surface area (Å²) >= 11 is 0. The first-order valence-corrected chi connectivity index (χ1v) is 10.0. The van der Waals surface area contributed by atoms with Crippen LogP contribution in [0.25, 0.3) is 0 Å². The molecule has 0 aliphatic carbocycles. The average molecular weight is 386 g/mol. The molecule has 3 aromatic rings. The number of hydrogen-bond acceptors (Lipinski definition) is 3. The van der Waals surface area contributed by atoms with Crippen LogP contribution in [0.2, 0.25) is 0 Å². The van der Waals surface area contributed by atoms with Crippen molar-refractivity contribution in [1.29, 1.82) is 0 Å². The Morgan fingerprint density at radius 2 is 1.59 bits per heavy atom. The molecule has 0 bridgehead atoms. The highest BCUT2D eigenvalue weighted by molar-refractivity contribution is 5.79. The number of fused-ring (bicyclic) bond motifs is 1. The lowest BCUT2D eigenvalue weighted by molar-refractivity contribution is -0.123. The number of carbonyl (C=O) groups is 1. The van der Waals surface area contributed by atoms with E-state index in [1.807, 2.05) is 54.6 Å². The maximum absolute atomic E-state index is 12.9. The molecule has 0 unspecified atom stereocenters. The van der Waals surface area contributed by atoms with Gasteiger partial charge >= 0.3 is 0 Å². The number of amides is 1. The molecule has 4 rings (SSSR count). The van der Waals surface area contributed by atoms with Gasteiger partial charge in [-0.1, -0.05) is 66.7 Å². The van der Waals surface area contributed by atoms with Gasteiger partial charge in [0, 0.05) is 13.1 Å². The van der Waals surface area contributed by atoms with Crippen molar-refractivity contribution in [2.75, 3.05) is 20.2 Å². The van der Waals surface area contributed by atoms with Crippen LogP contribution in [0.5, 0.6) is 5.75 Å². The molecule has 0 saturated carbocycles. The lowest BCUT2D eigenvalue weighted by atomic mass is 9.98. The number of hydrogen-bond donors (Lipinski definition) is 1. The molecule has 1 heterocycles. The molecule has 1 aliphatic heterocycles. The maximum Gasteiger partial charge on any atom is 0.234 e. The van der Waals surface area contributed by atoms with Gasteiger partial charge in [-0.15, -0.1) is 0 Å². The quantitative estimate of drug-likeness (QED) is 0.697. The normalized spacial score (nSPS) is 14.7. The van der Waals surface area contributed by atoms with Crippen molar-refractivity contribution in [2.24, 2.45) is 0 Å². The number of ether oxygens (including phenoxy) is 1. The Labute approximate surface area is 172 Å². The SMILES string of the molecule is COc1ccc([C@H](NC(=O)CN2CCc3ccccc3C2)c2ccccc2)cc1. The van der Waals surface area contributed by atoms with Crippen LogP contribution in [0.3, 0.4) is 0 Å². The fourth-order valence-corrected chi connectivity index (χ4v) is 3.90. The highest BCUT2D eigenvalue weighted by Gasteiger charge is 2.21. The standard InChI is InChI=1S/C25H26N2O2/c1-29-23-13-11-21(12-14-23)25(20-8-3-2-4-9-20)26-24(28)18-27-16-15-19-7-5-6-10-22(19)17-27/h2-14,25H,15-18H2,1H3,(H,26,28)/t25-/m1/s1. The number of benzene rings is 3. The smallest absolute Gasteiger partial charge is 0.234 e. The Balaban J connectivity index is 1.48. The van der Waals surface area contributed by atoms with Crippen LogP contribution in [-0.2, 0) is 17.8 Å². The minimum absolute atomic E-state index is 0.0362. The van der Waals surface area contributed by atoms with Gasteiger partial charge in [0.1, 0.15) is 5.75 Å². The van der Waals surface area contributed by atoms with Crippen LogP contribution >= 0.6 is 0 Å². The Kier molecular flexibility index (Phi) is 5.92. The van der Waals surface area contributed by atoms with Crippen molar-refractivity contribution in [3.63, 3.8) is 0 Å². The van der Waals surface area contributed by atoms with E-state index in [1.54, 1.807) is 7.11 Å². The van der Waals surface area contributed by atoms with Crippen LogP contribution in [0, 0.1) is 0 Å². The second kappa shape index (κ2) is 8.93. The molecular weight excluding hydrogens is 360 g/mol. The monoisotopic (exact) mass is 386 g/mol. The second-order valence-corrected chi connectivity index (χ2v) is 7.41. The molecule has 29 heavy (non-hydrogen) atoms. The number of nitrogens with zero attached hydrogens (tertiary/aromatic N) is 1. The molecular formula is C25H26N2O2. The number of methoxy groups -OCH3 is 1. The van der Waals surface area contributed by atoms with Gasteiger partial charge in [-0.25, -0.2) is 0 Å². The van der Waals surface area contributed by atoms with Gasteiger partial charge in [-0.2, -0.15) is 0 Å². The fourth-order valence-electron chi connectivity index (χ4n) is 3.90. The Bertz CT molecular complexity index is 954. The average Bonchev–Trinajstić information content (AvgIpc) is 2.78. The summed E-state index contributed by atoms with van der Waals surface area (Å²) < 4.78 is 5.27. The number of rotatable bonds is 6. The van der Waals surface area contributed by atoms with E-state index in [-0.39, 0.29) is 11.9 Å². The minimum atomic E-state index is -0.188. The largest absolute Gasteiger partial charge is 0.497 e. The van der Waals surface area contributed by atoms with Crippen molar-refractivity contribution in [2.45, 2.75) is 19.0 Å². The molecule has 0 saturated heterocycles. The van der Waals surface area contributed by atoms with Crippen LogP contribution in [-0.4, -0.2) is 31.0 Å². The first-order chi connectivity index (χ1) is 14.2. The summed E-state index contributed by atoms with van der Waals surface area (Å²) in [7, 11) is 1.65. The van der Waals surface area contributed by atoms with Crippen LogP contribution in [0.15, 0.2) is 78.9 Å². The van der Waals surface area contributed by atoms with Crippen LogP contribution in [0.1, 0.15) is 28.3 Å². The molecule has 3 aromatic carbocycles. The summed E-state index contributed by atoms with van der Waals surface area (Å²) in [6, 6.07) is 26.3. The van der Waals surface area contributed by atoms with E-state index in [0.29, 0.717) is 6.54 Å². The van der Waals surface area contributed by atoms with Gasteiger partial charge < -0.3 is 10.1 Å². The van der Waals surface area contributed by atoms with E-state index >= 15 is 0 Å². The third kappa shape index (κ3) is 4.66. The fraction of sp³-hybridized carbons (Fsp3) is 0.240. The summed E-state index contributed by atoms with van der Waals surface area (Å²) in [5.41, 5.74) is 4.82. The Morgan fingerprint density at radius 3 is 2.31 bits per heavy atom. The molecule has 148 valence electrons. The van der Waals surface area contributed by atoms with E-state index < -0.39 is 0 Å².